The van der Waals surface area contributed by atoms with E-state index in [4.69, 9.17) is 16.7 Å². The number of nitrogens with one attached hydrogen (secondary N) is 1. The van der Waals surface area contributed by atoms with Crippen molar-refractivity contribution in [3.05, 3.63) is 20.8 Å². The van der Waals surface area contributed by atoms with Gasteiger partial charge in [0.15, 0.2) is 0 Å². The molecule has 0 saturated carbocycles. The Morgan fingerprint density at radius 1 is 1.56 bits per heavy atom. The number of hydrogen-bond acceptors (Lipinski definition) is 3. The fourth-order valence-corrected chi connectivity index (χ4v) is 2.65. The first-order chi connectivity index (χ1) is 8.47. The standard InChI is InChI=1S/C12H16ClNO3S/c1-3-4-5-8(12(16)17)14-11(15)10-9(13)7(2)6-18-10/h6,8H,3-5H2,1-2H3,(H,14,15)(H,16,17)/t8-/m0/s1. The van der Waals surface area contributed by atoms with E-state index in [0.29, 0.717) is 16.3 Å². The normalized spacial score (nSPS) is 12.2. The highest BCUT2D eigenvalue weighted by Gasteiger charge is 2.22. The van der Waals surface area contributed by atoms with Gasteiger partial charge in [-0.2, -0.15) is 0 Å². The lowest BCUT2D eigenvalue weighted by molar-refractivity contribution is -0.139. The Morgan fingerprint density at radius 3 is 2.67 bits per heavy atom. The number of hydrogen-bond donors (Lipinski definition) is 2. The molecule has 0 aliphatic heterocycles. The van der Waals surface area contributed by atoms with Gasteiger partial charge >= 0.3 is 5.97 Å². The molecule has 100 valence electrons. The van der Waals surface area contributed by atoms with Gasteiger partial charge in [-0.15, -0.1) is 11.3 Å². The summed E-state index contributed by atoms with van der Waals surface area (Å²) in [5.41, 5.74) is 0.826. The Balaban J connectivity index is 2.72. The van der Waals surface area contributed by atoms with E-state index in [-0.39, 0.29) is 0 Å². The summed E-state index contributed by atoms with van der Waals surface area (Å²) in [5, 5.41) is 13.7. The van der Waals surface area contributed by atoms with Gasteiger partial charge in [0, 0.05) is 0 Å². The van der Waals surface area contributed by atoms with Crippen molar-refractivity contribution in [2.45, 2.75) is 39.2 Å². The molecule has 4 nitrogen and oxygen atoms in total. The zero-order valence-electron chi connectivity index (χ0n) is 10.3. The van der Waals surface area contributed by atoms with E-state index >= 15 is 0 Å². The van der Waals surface area contributed by atoms with Gasteiger partial charge in [-0.3, -0.25) is 4.79 Å². The summed E-state index contributed by atoms with van der Waals surface area (Å²) >= 11 is 7.20. The highest BCUT2D eigenvalue weighted by Crippen LogP contribution is 2.27. The quantitative estimate of drug-likeness (QED) is 0.846. The van der Waals surface area contributed by atoms with Crippen molar-refractivity contribution >= 4 is 34.8 Å². The first kappa shape index (κ1) is 15.0. The summed E-state index contributed by atoms with van der Waals surface area (Å²) in [7, 11) is 0. The zero-order chi connectivity index (χ0) is 13.7. The summed E-state index contributed by atoms with van der Waals surface area (Å²) in [4.78, 5) is 23.3. The number of aryl methyl sites for hydroxylation is 1. The minimum Gasteiger partial charge on any atom is -0.480 e. The number of unbranched alkanes of at least 4 members (excludes halogenated alkanes) is 1. The number of halogens is 1. The number of thiophene rings is 1. The number of carbonyl (C=O) groups excluding carboxylic acids is 1. The molecule has 18 heavy (non-hydrogen) atoms. The number of rotatable bonds is 6. The number of amides is 1. The molecule has 0 bridgehead atoms. The van der Waals surface area contributed by atoms with Crippen LogP contribution in [-0.4, -0.2) is 23.0 Å². The Bertz CT molecular complexity index is 445. The highest BCUT2D eigenvalue weighted by atomic mass is 35.5. The number of aliphatic carboxylic acids is 1. The van der Waals surface area contributed by atoms with Crippen LogP contribution in [0.4, 0.5) is 0 Å². The van der Waals surface area contributed by atoms with E-state index in [2.05, 4.69) is 5.32 Å². The second-order valence-electron chi connectivity index (χ2n) is 4.07. The SMILES string of the molecule is CCCC[C@H](NC(=O)c1scc(C)c1Cl)C(=O)O. The van der Waals surface area contributed by atoms with Crippen molar-refractivity contribution in [3.8, 4) is 0 Å². The van der Waals surface area contributed by atoms with Gasteiger partial charge in [-0.25, -0.2) is 4.79 Å². The third kappa shape index (κ3) is 3.71. The van der Waals surface area contributed by atoms with Crippen LogP contribution in [0, 0.1) is 6.92 Å². The molecular weight excluding hydrogens is 274 g/mol. The van der Waals surface area contributed by atoms with Crippen LogP contribution in [0.5, 0.6) is 0 Å². The maximum absolute atomic E-state index is 11.9. The molecule has 1 heterocycles. The molecule has 1 aromatic rings. The second-order valence-corrected chi connectivity index (χ2v) is 5.33. The van der Waals surface area contributed by atoms with E-state index in [0.717, 1.165) is 18.4 Å². The van der Waals surface area contributed by atoms with Crippen LogP contribution in [0.3, 0.4) is 0 Å². The molecule has 1 amide bonds. The van der Waals surface area contributed by atoms with Gasteiger partial charge in [0.25, 0.3) is 5.91 Å². The number of carboxylic acid groups (broad SMARTS) is 1. The number of carbonyl (C=O) groups is 2. The van der Waals surface area contributed by atoms with E-state index in [1.807, 2.05) is 6.92 Å². The lowest BCUT2D eigenvalue weighted by atomic mass is 10.1. The van der Waals surface area contributed by atoms with Crippen LogP contribution in [-0.2, 0) is 4.79 Å². The second kappa shape index (κ2) is 6.75. The van der Waals surface area contributed by atoms with E-state index in [1.165, 1.54) is 11.3 Å². The lowest BCUT2D eigenvalue weighted by Gasteiger charge is -2.13. The first-order valence-corrected chi connectivity index (χ1v) is 7.00. The van der Waals surface area contributed by atoms with Crippen LogP contribution in [0.1, 0.15) is 41.4 Å². The highest BCUT2D eigenvalue weighted by molar-refractivity contribution is 7.13. The van der Waals surface area contributed by atoms with Crippen molar-refractivity contribution in [1.82, 2.24) is 5.32 Å². The Labute approximate surface area is 115 Å². The molecule has 0 spiro atoms. The third-order valence-electron chi connectivity index (χ3n) is 2.56. The van der Waals surface area contributed by atoms with Crippen LogP contribution >= 0.6 is 22.9 Å². The molecule has 1 aromatic heterocycles. The maximum Gasteiger partial charge on any atom is 0.326 e. The third-order valence-corrected chi connectivity index (χ3v) is 4.25. The molecule has 0 aliphatic rings. The molecule has 0 unspecified atom stereocenters. The Hall–Kier alpha value is -1.07. The molecule has 0 radical (unpaired) electrons. The average molecular weight is 290 g/mol. The summed E-state index contributed by atoms with van der Waals surface area (Å²) in [5.74, 6) is -1.43. The smallest absolute Gasteiger partial charge is 0.326 e. The van der Waals surface area contributed by atoms with Gasteiger partial charge in [0.1, 0.15) is 10.9 Å². The van der Waals surface area contributed by atoms with Crippen LogP contribution < -0.4 is 5.32 Å². The maximum atomic E-state index is 11.9. The molecule has 1 rings (SSSR count). The van der Waals surface area contributed by atoms with Crippen LogP contribution in [0.25, 0.3) is 0 Å². The predicted octanol–water partition coefficient (Wildman–Crippen LogP) is 3.08. The molecule has 1 atom stereocenters. The van der Waals surface area contributed by atoms with Crippen molar-refractivity contribution < 1.29 is 14.7 Å². The topological polar surface area (TPSA) is 66.4 Å². The summed E-state index contributed by atoms with van der Waals surface area (Å²) in [6.07, 6.45) is 2.08. The number of carboxylic acids is 1. The molecule has 0 aromatic carbocycles. The van der Waals surface area contributed by atoms with E-state index in [9.17, 15) is 9.59 Å². The first-order valence-electron chi connectivity index (χ1n) is 5.74. The van der Waals surface area contributed by atoms with Crippen LogP contribution in [0.2, 0.25) is 5.02 Å². The van der Waals surface area contributed by atoms with Gasteiger partial charge in [-0.05, 0) is 24.3 Å². The van der Waals surface area contributed by atoms with Gasteiger partial charge in [-0.1, -0.05) is 31.4 Å². The molecule has 6 heteroatoms. The van der Waals surface area contributed by atoms with E-state index in [1.54, 1.807) is 12.3 Å². The molecule has 2 N–H and O–H groups in total. The minimum atomic E-state index is -1.01. The molecule has 0 aliphatic carbocycles. The van der Waals surface area contributed by atoms with Crippen molar-refractivity contribution in [2.24, 2.45) is 0 Å². The summed E-state index contributed by atoms with van der Waals surface area (Å²) in [6, 6.07) is -0.851. The predicted molar refractivity (Wildman–Crippen MR) is 72.5 cm³/mol. The summed E-state index contributed by atoms with van der Waals surface area (Å²) in [6.45, 7) is 3.78. The lowest BCUT2D eigenvalue weighted by Crippen LogP contribution is -2.40. The largest absolute Gasteiger partial charge is 0.480 e. The average Bonchev–Trinajstić information content (AvgIpc) is 2.65. The van der Waals surface area contributed by atoms with Crippen LogP contribution in [0.15, 0.2) is 5.38 Å². The van der Waals surface area contributed by atoms with Crippen molar-refractivity contribution in [2.75, 3.05) is 0 Å². The minimum absolute atomic E-state index is 0.372. The monoisotopic (exact) mass is 289 g/mol. The zero-order valence-corrected chi connectivity index (χ0v) is 11.9. The fourth-order valence-electron chi connectivity index (χ4n) is 1.47. The fraction of sp³-hybridized carbons (Fsp3) is 0.500. The Kier molecular flexibility index (Phi) is 5.62. The molecular formula is C12H16ClNO3S. The van der Waals surface area contributed by atoms with Gasteiger partial charge in [0.05, 0.1) is 5.02 Å². The van der Waals surface area contributed by atoms with Crippen molar-refractivity contribution in [3.63, 3.8) is 0 Å². The van der Waals surface area contributed by atoms with Crippen molar-refractivity contribution in [1.29, 1.82) is 0 Å². The van der Waals surface area contributed by atoms with E-state index < -0.39 is 17.9 Å². The van der Waals surface area contributed by atoms with Gasteiger partial charge < -0.3 is 10.4 Å². The molecule has 0 saturated heterocycles. The molecule has 0 fully saturated rings. The summed E-state index contributed by atoms with van der Waals surface area (Å²) < 4.78 is 0. The Morgan fingerprint density at radius 2 is 2.22 bits per heavy atom. The van der Waals surface area contributed by atoms with Gasteiger partial charge in [0.2, 0.25) is 0 Å².